The van der Waals surface area contributed by atoms with Crippen LogP contribution in [0, 0.1) is 20.8 Å². The van der Waals surface area contributed by atoms with Crippen LogP contribution in [0.4, 0.5) is 5.69 Å². The number of nitrogens with zero attached hydrogens (tertiary/aromatic N) is 2. The zero-order valence-electron chi connectivity index (χ0n) is 18.5. The summed E-state index contributed by atoms with van der Waals surface area (Å²) in [6.45, 7) is 6.68. The molecule has 1 aromatic heterocycles. The van der Waals surface area contributed by atoms with Crippen LogP contribution in [0.25, 0.3) is 5.69 Å². The van der Waals surface area contributed by atoms with E-state index >= 15 is 0 Å². The van der Waals surface area contributed by atoms with E-state index in [1.807, 2.05) is 38.1 Å². The Kier molecular flexibility index (Phi) is 7.04. The smallest absolute Gasteiger partial charge is 0.328 e. The van der Waals surface area contributed by atoms with E-state index < -0.39 is 30.4 Å². The van der Waals surface area contributed by atoms with E-state index in [4.69, 9.17) is 4.74 Å². The van der Waals surface area contributed by atoms with Gasteiger partial charge in [-0.15, -0.1) is 0 Å². The second-order valence-electron chi connectivity index (χ2n) is 7.51. The first-order valence-electron chi connectivity index (χ1n) is 10.2. The van der Waals surface area contributed by atoms with E-state index in [2.05, 4.69) is 15.7 Å². The monoisotopic (exact) mass is 434 g/mol. The Morgan fingerprint density at radius 2 is 1.66 bits per heavy atom. The molecule has 0 bridgehead atoms. The molecule has 32 heavy (non-hydrogen) atoms. The van der Waals surface area contributed by atoms with Gasteiger partial charge in [0.2, 0.25) is 0 Å². The molecule has 2 aromatic carbocycles. The summed E-state index contributed by atoms with van der Waals surface area (Å²) in [5.74, 6) is -1.59. The quantitative estimate of drug-likeness (QED) is 0.557. The maximum absolute atomic E-state index is 12.4. The van der Waals surface area contributed by atoms with Gasteiger partial charge in [-0.05, 0) is 52.0 Å². The van der Waals surface area contributed by atoms with Crippen molar-refractivity contribution >= 4 is 23.5 Å². The van der Waals surface area contributed by atoms with Crippen LogP contribution in [-0.2, 0) is 14.3 Å². The lowest BCUT2D eigenvalue weighted by molar-refractivity contribution is -0.148. The third-order valence-electron chi connectivity index (χ3n) is 4.92. The van der Waals surface area contributed by atoms with Gasteiger partial charge in [-0.25, -0.2) is 9.48 Å². The van der Waals surface area contributed by atoms with Crippen molar-refractivity contribution < 1.29 is 19.1 Å². The summed E-state index contributed by atoms with van der Waals surface area (Å²) in [6.07, 6.45) is 0. The predicted octanol–water partition coefficient (Wildman–Crippen LogP) is 3.10. The zero-order chi connectivity index (χ0) is 23.3. The standard InChI is InChI=1S/C24H26N4O4/c1-15-10-12-20(13-11-15)28-18(4)22(16(2)27-28)26-21(29)14-32-24(31)17(3)25-23(30)19-8-6-5-7-9-19/h5-13,17H,14H2,1-4H3,(H,25,30)(H,26,29). The molecule has 166 valence electrons. The van der Waals surface area contributed by atoms with Gasteiger partial charge in [0.1, 0.15) is 6.04 Å². The molecule has 8 nitrogen and oxygen atoms in total. The van der Waals surface area contributed by atoms with Crippen LogP contribution in [0.3, 0.4) is 0 Å². The molecule has 1 atom stereocenters. The zero-order valence-corrected chi connectivity index (χ0v) is 18.5. The summed E-state index contributed by atoms with van der Waals surface area (Å²) in [7, 11) is 0. The number of esters is 1. The molecule has 1 heterocycles. The Bertz CT molecular complexity index is 1120. The number of benzene rings is 2. The SMILES string of the molecule is Cc1ccc(-n2nc(C)c(NC(=O)COC(=O)C(C)NC(=O)c3ccccc3)c2C)cc1. The molecule has 2 N–H and O–H groups in total. The number of aromatic nitrogens is 2. The average molecular weight is 434 g/mol. The number of hydrogen-bond acceptors (Lipinski definition) is 5. The second kappa shape index (κ2) is 9.91. The maximum atomic E-state index is 12.4. The highest BCUT2D eigenvalue weighted by Gasteiger charge is 2.20. The highest BCUT2D eigenvalue weighted by Crippen LogP contribution is 2.23. The van der Waals surface area contributed by atoms with E-state index in [0.717, 1.165) is 16.9 Å². The highest BCUT2D eigenvalue weighted by molar-refractivity contribution is 5.97. The van der Waals surface area contributed by atoms with Gasteiger partial charge in [0.05, 0.1) is 22.8 Å². The summed E-state index contributed by atoms with van der Waals surface area (Å²) in [5.41, 5.74) is 4.42. The number of nitrogens with one attached hydrogen (secondary N) is 2. The topological polar surface area (TPSA) is 102 Å². The molecule has 0 saturated heterocycles. The first kappa shape index (κ1) is 22.7. The number of aryl methyl sites for hydroxylation is 2. The van der Waals surface area contributed by atoms with Gasteiger partial charge in [-0.2, -0.15) is 5.10 Å². The van der Waals surface area contributed by atoms with Crippen LogP contribution in [-0.4, -0.2) is 40.2 Å². The third kappa shape index (κ3) is 5.40. The van der Waals surface area contributed by atoms with Gasteiger partial charge < -0.3 is 15.4 Å². The van der Waals surface area contributed by atoms with Gasteiger partial charge in [0.25, 0.3) is 11.8 Å². The van der Waals surface area contributed by atoms with Gasteiger partial charge in [-0.3, -0.25) is 9.59 Å². The molecule has 0 spiro atoms. The molecular weight excluding hydrogens is 408 g/mol. The summed E-state index contributed by atoms with van der Waals surface area (Å²) < 4.78 is 6.81. The first-order chi connectivity index (χ1) is 15.3. The van der Waals surface area contributed by atoms with Crippen molar-refractivity contribution in [1.29, 1.82) is 0 Å². The van der Waals surface area contributed by atoms with Crippen molar-refractivity contribution in [2.24, 2.45) is 0 Å². The van der Waals surface area contributed by atoms with Crippen molar-refractivity contribution in [3.05, 3.63) is 77.1 Å². The molecule has 3 aromatic rings. The largest absolute Gasteiger partial charge is 0.454 e. The predicted molar refractivity (Wildman–Crippen MR) is 121 cm³/mol. The van der Waals surface area contributed by atoms with Crippen molar-refractivity contribution in [3.63, 3.8) is 0 Å². The molecular formula is C24H26N4O4. The fourth-order valence-electron chi connectivity index (χ4n) is 3.13. The Balaban J connectivity index is 1.56. The number of hydrogen-bond donors (Lipinski definition) is 2. The highest BCUT2D eigenvalue weighted by atomic mass is 16.5. The molecule has 3 rings (SSSR count). The third-order valence-corrected chi connectivity index (χ3v) is 4.92. The second-order valence-corrected chi connectivity index (χ2v) is 7.51. The van der Waals surface area contributed by atoms with E-state index in [1.165, 1.54) is 6.92 Å². The average Bonchev–Trinajstić information content (AvgIpc) is 3.06. The van der Waals surface area contributed by atoms with Gasteiger partial charge in [0, 0.05) is 5.56 Å². The molecule has 0 radical (unpaired) electrons. The summed E-state index contributed by atoms with van der Waals surface area (Å²) in [5, 5.41) is 9.80. The maximum Gasteiger partial charge on any atom is 0.328 e. The molecule has 1 unspecified atom stereocenters. The van der Waals surface area contributed by atoms with Crippen molar-refractivity contribution in [1.82, 2.24) is 15.1 Å². The Labute approximate surface area is 186 Å². The van der Waals surface area contributed by atoms with E-state index in [9.17, 15) is 14.4 Å². The van der Waals surface area contributed by atoms with Crippen LogP contribution < -0.4 is 10.6 Å². The summed E-state index contributed by atoms with van der Waals surface area (Å²) in [6, 6.07) is 15.5. The lowest BCUT2D eigenvalue weighted by Crippen LogP contribution is -2.40. The number of carbonyl (C=O) groups is 3. The molecule has 8 heteroatoms. The van der Waals surface area contributed by atoms with E-state index in [0.29, 0.717) is 16.9 Å². The Morgan fingerprint density at radius 3 is 2.31 bits per heavy atom. The van der Waals surface area contributed by atoms with Gasteiger partial charge >= 0.3 is 5.97 Å². The lowest BCUT2D eigenvalue weighted by Gasteiger charge is -2.13. The minimum absolute atomic E-state index is 0.394. The van der Waals surface area contributed by atoms with Crippen molar-refractivity contribution in [2.75, 3.05) is 11.9 Å². The molecule has 0 aliphatic carbocycles. The van der Waals surface area contributed by atoms with Crippen LogP contribution in [0.5, 0.6) is 0 Å². The Hall–Kier alpha value is -3.94. The molecule has 0 aliphatic heterocycles. The fraction of sp³-hybridized carbons (Fsp3) is 0.250. The fourth-order valence-corrected chi connectivity index (χ4v) is 3.13. The van der Waals surface area contributed by atoms with Gasteiger partial charge in [0.15, 0.2) is 6.61 Å². The lowest BCUT2D eigenvalue weighted by atomic mass is 10.2. The molecule has 2 amide bonds. The number of carbonyl (C=O) groups excluding carboxylic acids is 3. The van der Waals surface area contributed by atoms with E-state index in [-0.39, 0.29) is 0 Å². The Morgan fingerprint density at radius 1 is 1.00 bits per heavy atom. The van der Waals surface area contributed by atoms with Crippen LogP contribution in [0.2, 0.25) is 0 Å². The van der Waals surface area contributed by atoms with Gasteiger partial charge in [-0.1, -0.05) is 35.9 Å². The number of amides is 2. The van der Waals surface area contributed by atoms with E-state index in [1.54, 1.807) is 41.9 Å². The van der Waals surface area contributed by atoms with Crippen LogP contribution in [0.15, 0.2) is 54.6 Å². The van der Waals surface area contributed by atoms with Crippen LogP contribution >= 0.6 is 0 Å². The van der Waals surface area contributed by atoms with Crippen molar-refractivity contribution in [3.8, 4) is 5.69 Å². The van der Waals surface area contributed by atoms with Crippen LogP contribution in [0.1, 0.15) is 34.2 Å². The first-order valence-corrected chi connectivity index (χ1v) is 10.2. The number of rotatable bonds is 7. The minimum Gasteiger partial charge on any atom is -0.454 e. The number of ether oxygens (including phenoxy) is 1. The van der Waals surface area contributed by atoms with Crippen molar-refractivity contribution in [2.45, 2.75) is 33.7 Å². The minimum atomic E-state index is -0.900. The number of anilines is 1. The normalized spacial score (nSPS) is 11.5. The summed E-state index contributed by atoms with van der Waals surface area (Å²) >= 11 is 0. The molecule has 0 fully saturated rings. The summed E-state index contributed by atoms with van der Waals surface area (Å²) in [4.78, 5) is 36.7. The molecule has 0 saturated carbocycles. The molecule has 0 aliphatic rings.